The molecule has 1 aromatic heterocycles. The molecule has 0 aliphatic heterocycles. The van der Waals surface area contributed by atoms with E-state index in [9.17, 15) is 14.7 Å². The van der Waals surface area contributed by atoms with E-state index in [0.29, 0.717) is 39.4 Å². The van der Waals surface area contributed by atoms with Gasteiger partial charge in [-0.15, -0.1) is 0 Å². The molecular weight excluding hydrogens is 498 g/mol. The molecule has 1 heterocycles. The van der Waals surface area contributed by atoms with Gasteiger partial charge in [0.2, 0.25) is 0 Å². The van der Waals surface area contributed by atoms with Crippen molar-refractivity contribution in [3.8, 4) is 0 Å². The molecule has 0 radical (unpaired) electrons. The number of ether oxygens (including phenoxy) is 1. The lowest BCUT2D eigenvalue weighted by molar-refractivity contribution is -0.157. The Morgan fingerprint density at radius 1 is 1.22 bits per heavy atom. The van der Waals surface area contributed by atoms with E-state index in [1.165, 1.54) is 11.2 Å². The third-order valence-corrected chi connectivity index (χ3v) is 5.50. The van der Waals surface area contributed by atoms with Crippen LogP contribution in [-0.4, -0.2) is 75.9 Å². The van der Waals surface area contributed by atoms with Crippen LogP contribution >= 0.6 is 11.6 Å². The fourth-order valence-electron chi connectivity index (χ4n) is 3.82. The third kappa shape index (κ3) is 8.09. The Bertz CT molecular complexity index is 1150. The smallest absolute Gasteiger partial charge is 0.339 e. The summed E-state index contributed by atoms with van der Waals surface area (Å²) in [6.45, 7) is 5.52. The number of allylic oxidation sites excluding steroid dienone is 1. The molecule has 0 saturated carbocycles. The van der Waals surface area contributed by atoms with Crippen molar-refractivity contribution in [1.82, 2.24) is 14.5 Å². The monoisotopic (exact) mass is 533 g/mol. The number of aliphatic hydroxyl groups is 1. The van der Waals surface area contributed by atoms with E-state index >= 15 is 0 Å². The first-order chi connectivity index (χ1) is 17.3. The molecule has 1 unspecified atom stereocenters. The zero-order chi connectivity index (χ0) is 27.9. The van der Waals surface area contributed by atoms with Crippen LogP contribution in [0.25, 0.3) is 5.57 Å². The van der Waals surface area contributed by atoms with Crippen LogP contribution in [0, 0.1) is 0 Å². The largest absolute Gasteiger partial charge is 0.479 e. The number of carboxylic acids is 1. The average molecular weight is 534 g/mol. The quantitative estimate of drug-likeness (QED) is 0.183. The number of aldehydes is 1. The molecule has 37 heavy (non-hydrogen) atoms. The minimum Gasteiger partial charge on any atom is -0.479 e. The molecule has 0 bridgehead atoms. The van der Waals surface area contributed by atoms with Crippen LogP contribution in [0.4, 0.5) is 0 Å². The van der Waals surface area contributed by atoms with Gasteiger partial charge in [0, 0.05) is 48.3 Å². The highest BCUT2D eigenvalue weighted by Gasteiger charge is 2.34. The lowest BCUT2D eigenvalue weighted by atomic mass is 9.93. The summed E-state index contributed by atoms with van der Waals surface area (Å²) < 4.78 is 7.64. The number of carboxylic acid groups (broad SMARTS) is 1. The summed E-state index contributed by atoms with van der Waals surface area (Å²) in [5, 5.41) is 21.0. The molecule has 202 valence electrons. The molecule has 0 fully saturated rings. The van der Waals surface area contributed by atoms with E-state index < -0.39 is 17.7 Å². The Morgan fingerprint density at radius 3 is 2.32 bits per heavy atom. The number of halogens is 1. The molecule has 11 heteroatoms. The van der Waals surface area contributed by atoms with Crippen LogP contribution in [0.3, 0.4) is 0 Å². The minimum absolute atomic E-state index is 0.138. The average Bonchev–Trinajstić information content (AvgIpc) is 3.17. The maximum Gasteiger partial charge on any atom is 0.339 e. The molecular formula is C26H36ClN5O5. The van der Waals surface area contributed by atoms with Crippen molar-refractivity contribution >= 4 is 29.4 Å². The van der Waals surface area contributed by atoms with Gasteiger partial charge < -0.3 is 35.2 Å². The number of likely N-dealkylation sites (N-methyl/N-ethyl adjacent to an activating group) is 1. The lowest BCUT2D eigenvalue weighted by Gasteiger charge is -2.32. The van der Waals surface area contributed by atoms with E-state index in [0.717, 1.165) is 0 Å². The van der Waals surface area contributed by atoms with Crippen molar-refractivity contribution in [2.24, 2.45) is 11.6 Å². The Kier molecular flexibility index (Phi) is 10.3. The Morgan fingerprint density at radius 2 is 1.84 bits per heavy atom. The number of aliphatic hydroxyl groups excluding tert-OH is 1. The highest BCUT2D eigenvalue weighted by Crippen LogP contribution is 2.35. The number of aliphatic carboxylic acids is 1. The van der Waals surface area contributed by atoms with Crippen LogP contribution in [-0.2, 0) is 16.1 Å². The van der Waals surface area contributed by atoms with Crippen LogP contribution in [0.5, 0.6) is 0 Å². The van der Waals surface area contributed by atoms with Crippen LogP contribution in [0.15, 0.2) is 54.1 Å². The second kappa shape index (κ2) is 12.8. The molecule has 0 aliphatic carbocycles. The Labute approximate surface area is 222 Å². The molecule has 0 amide bonds. The van der Waals surface area contributed by atoms with Gasteiger partial charge in [-0.25, -0.2) is 10.6 Å². The van der Waals surface area contributed by atoms with Gasteiger partial charge in [0.1, 0.15) is 0 Å². The van der Waals surface area contributed by atoms with Crippen molar-refractivity contribution in [1.29, 1.82) is 0 Å². The zero-order valence-electron chi connectivity index (χ0n) is 21.8. The SMILES string of the molecule is CN(C)/C(=C(/c1ccc(Cl)cc1)c1ccn(C/C(N)=C/N(N)CCO)c1C=O)C(OC(C)(C)C)C(=O)O. The Hall–Kier alpha value is -3.31. The fraction of sp³-hybridized carbons (Fsp3) is 0.385. The number of nitrogens with two attached hydrogens (primary N) is 2. The number of rotatable bonds is 12. The predicted octanol–water partition coefficient (Wildman–Crippen LogP) is 2.51. The van der Waals surface area contributed by atoms with E-state index in [1.807, 2.05) is 0 Å². The van der Waals surface area contributed by atoms with Crippen molar-refractivity contribution in [3.63, 3.8) is 0 Å². The normalized spacial score (nSPS) is 13.7. The minimum atomic E-state index is -1.34. The number of hydrogen-bond acceptors (Lipinski definition) is 8. The molecule has 10 nitrogen and oxygen atoms in total. The zero-order valence-corrected chi connectivity index (χ0v) is 22.6. The molecule has 1 aromatic carbocycles. The van der Waals surface area contributed by atoms with Crippen LogP contribution < -0.4 is 11.6 Å². The first kappa shape index (κ1) is 29.9. The van der Waals surface area contributed by atoms with Gasteiger partial charge >= 0.3 is 5.97 Å². The van der Waals surface area contributed by atoms with E-state index in [-0.39, 0.29) is 25.4 Å². The molecule has 6 N–H and O–H groups in total. The number of nitrogens with zero attached hydrogens (tertiary/aromatic N) is 3. The van der Waals surface area contributed by atoms with Gasteiger partial charge in [-0.3, -0.25) is 4.79 Å². The standard InChI is InChI=1S/C26H36ClN5O5/c1-26(2,3)37-24(25(35)36)23(30(4)5)22(17-6-8-18(27)9-7-17)20-10-11-31(21(20)16-34)14-19(28)15-32(29)12-13-33/h6-11,15-16,24,33H,12-14,28-29H2,1-5H3,(H,35,36)/b19-15-,23-22-. The number of carbonyl (C=O) groups is 2. The highest BCUT2D eigenvalue weighted by molar-refractivity contribution is 6.30. The van der Waals surface area contributed by atoms with Gasteiger partial charge in [0.25, 0.3) is 0 Å². The van der Waals surface area contributed by atoms with Gasteiger partial charge in [0.15, 0.2) is 12.4 Å². The number of hydrogen-bond donors (Lipinski definition) is 4. The molecule has 0 aliphatic rings. The number of aromatic nitrogens is 1. The fourth-order valence-corrected chi connectivity index (χ4v) is 3.95. The van der Waals surface area contributed by atoms with Crippen LogP contribution in [0.1, 0.15) is 42.4 Å². The van der Waals surface area contributed by atoms with Crippen LogP contribution in [0.2, 0.25) is 5.02 Å². The summed E-state index contributed by atoms with van der Waals surface area (Å²) >= 11 is 6.13. The van der Waals surface area contributed by atoms with E-state index in [4.69, 9.17) is 33.0 Å². The topological polar surface area (TPSA) is 147 Å². The molecule has 0 spiro atoms. The number of carbonyl (C=O) groups excluding carboxylic acids is 1. The second-order valence-corrected chi connectivity index (χ2v) is 10.1. The summed E-state index contributed by atoms with van der Waals surface area (Å²) in [5.41, 5.74) is 8.00. The van der Waals surface area contributed by atoms with Gasteiger partial charge in [-0.1, -0.05) is 23.7 Å². The van der Waals surface area contributed by atoms with Gasteiger partial charge in [0.05, 0.1) is 36.7 Å². The molecule has 0 saturated heterocycles. The first-order valence-corrected chi connectivity index (χ1v) is 12.0. The summed E-state index contributed by atoms with van der Waals surface area (Å²) in [4.78, 5) is 26.5. The maximum absolute atomic E-state index is 12.5. The number of benzene rings is 1. The molecule has 1 atom stereocenters. The maximum atomic E-state index is 12.5. The predicted molar refractivity (Wildman–Crippen MR) is 143 cm³/mol. The highest BCUT2D eigenvalue weighted by atomic mass is 35.5. The summed E-state index contributed by atoms with van der Waals surface area (Å²) in [5.74, 6) is 4.61. The number of hydrazine groups is 1. The van der Waals surface area contributed by atoms with Crippen molar-refractivity contribution in [2.75, 3.05) is 27.2 Å². The lowest BCUT2D eigenvalue weighted by Crippen LogP contribution is -2.39. The summed E-state index contributed by atoms with van der Waals surface area (Å²) in [6, 6.07) is 8.64. The first-order valence-electron chi connectivity index (χ1n) is 11.6. The van der Waals surface area contributed by atoms with Gasteiger partial charge in [-0.05, 0) is 44.5 Å². The third-order valence-electron chi connectivity index (χ3n) is 5.25. The molecule has 2 rings (SSSR count). The van der Waals surface area contributed by atoms with Crippen molar-refractivity contribution in [3.05, 3.63) is 76.0 Å². The van der Waals surface area contributed by atoms with E-state index in [1.54, 1.807) is 80.9 Å². The molecule has 2 aromatic rings. The summed E-state index contributed by atoms with van der Waals surface area (Å²) in [6.07, 6.45) is 2.53. The Balaban J connectivity index is 2.81. The van der Waals surface area contributed by atoms with Crippen molar-refractivity contribution < 1.29 is 24.5 Å². The van der Waals surface area contributed by atoms with Gasteiger partial charge in [-0.2, -0.15) is 0 Å². The summed E-state index contributed by atoms with van der Waals surface area (Å²) in [7, 11) is 3.45. The van der Waals surface area contributed by atoms with Crippen molar-refractivity contribution in [2.45, 2.75) is 39.0 Å². The second-order valence-electron chi connectivity index (χ2n) is 9.64. The van der Waals surface area contributed by atoms with E-state index in [2.05, 4.69) is 0 Å².